The molecule has 178 valence electrons. The maximum atomic E-state index is 12.7. The minimum absolute atomic E-state index is 0.114. The van der Waals surface area contributed by atoms with Crippen molar-refractivity contribution in [3.63, 3.8) is 0 Å². The largest absolute Gasteiger partial charge is 0.445 e. The SMILES string of the molecule is O=C(Nc1ccc2c(c1)NNN2)C1=CSC(C2CCN(C(=O)OCc3ccc(Cl)cc3)CC2)N1. The van der Waals surface area contributed by atoms with Crippen LogP contribution in [0.15, 0.2) is 53.6 Å². The molecule has 3 aliphatic rings. The molecular formula is C23H25ClN6O3S. The van der Waals surface area contributed by atoms with Gasteiger partial charge in [-0.1, -0.05) is 23.7 Å². The first-order valence-corrected chi connectivity index (χ1v) is 12.4. The number of hydrazine groups is 2. The lowest BCUT2D eigenvalue weighted by Gasteiger charge is -2.34. The number of halogens is 1. The van der Waals surface area contributed by atoms with Crippen molar-refractivity contribution >= 4 is 52.4 Å². The highest BCUT2D eigenvalue weighted by Gasteiger charge is 2.33. The molecule has 1 atom stereocenters. The summed E-state index contributed by atoms with van der Waals surface area (Å²) in [5, 5.41) is 8.93. The van der Waals surface area contributed by atoms with Crippen molar-refractivity contribution in [1.82, 2.24) is 15.8 Å². The molecule has 34 heavy (non-hydrogen) atoms. The summed E-state index contributed by atoms with van der Waals surface area (Å²) in [6.45, 7) is 1.49. The summed E-state index contributed by atoms with van der Waals surface area (Å²) in [5.74, 6) is 0.185. The number of nitrogens with one attached hydrogen (secondary N) is 5. The molecule has 0 aliphatic carbocycles. The number of rotatable bonds is 5. The molecule has 0 saturated carbocycles. The normalized spacial score (nSPS) is 19.4. The van der Waals surface area contributed by atoms with Crippen LogP contribution in [0.1, 0.15) is 18.4 Å². The Morgan fingerprint density at radius 1 is 1.09 bits per heavy atom. The van der Waals surface area contributed by atoms with Crippen LogP contribution in [-0.2, 0) is 16.1 Å². The Morgan fingerprint density at radius 2 is 1.85 bits per heavy atom. The number of carbonyl (C=O) groups is 2. The molecule has 1 saturated heterocycles. The molecule has 2 aromatic carbocycles. The van der Waals surface area contributed by atoms with Crippen molar-refractivity contribution in [2.24, 2.45) is 5.92 Å². The van der Waals surface area contributed by atoms with Crippen LogP contribution in [0.25, 0.3) is 0 Å². The molecule has 0 radical (unpaired) electrons. The number of thioether (sulfide) groups is 1. The Hall–Kier alpha value is -3.08. The molecule has 0 spiro atoms. The highest BCUT2D eigenvalue weighted by Crippen LogP contribution is 2.34. The smallest absolute Gasteiger partial charge is 0.410 e. The van der Waals surface area contributed by atoms with Crippen LogP contribution < -0.4 is 27.0 Å². The van der Waals surface area contributed by atoms with Gasteiger partial charge >= 0.3 is 6.09 Å². The van der Waals surface area contributed by atoms with Gasteiger partial charge in [-0.15, -0.1) is 17.3 Å². The van der Waals surface area contributed by atoms with Gasteiger partial charge in [-0.25, -0.2) is 4.79 Å². The molecule has 9 nitrogen and oxygen atoms in total. The van der Waals surface area contributed by atoms with E-state index >= 15 is 0 Å². The fourth-order valence-electron chi connectivity index (χ4n) is 4.11. The standard InChI is InChI=1S/C23H25ClN6O3S/c24-16-3-1-14(2-4-16)12-33-23(32)30-9-7-15(8-10-30)22-26-20(13-34-22)21(31)25-17-5-6-18-19(11-17)28-29-27-18/h1-6,11,13,15,22,26-29H,7-10,12H2,(H,25,31). The number of piperidine rings is 1. The summed E-state index contributed by atoms with van der Waals surface area (Å²) in [5.41, 5.74) is 12.7. The number of benzene rings is 2. The molecule has 0 aromatic heterocycles. The van der Waals surface area contributed by atoms with Crippen LogP contribution >= 0.6 is 23.4 Å². The second-order valence-electron chi connectivity index (χ2n) is 8.33. The van der Waals surface area contributed by atoms with Crippen LogP contribution in [0, 0.1) is 5.92 Å². The monoisotopic (exact) mass is 500 g/mol. The Bertz CT molecular complexity index is 1100. The van der Waals surface area contributed by atoms with Crippen LogP contribution in [0.3, 0.4) is 0 Å². The summed E-state index contributed by atoms with van der Waals surface area (Å²) in [7, 11) is 0. The molecule has 1 unspecified atom stereocenters. The van der Waals surface area contributed by atoms with Gasteiger partial charge in [0.2, 0.25) is 0 Å². The lowest BCUT2D eigenvalue weighted by atomic mass is 9.96. The third-order valence-electron chi connectivity index (χ3n) is 6.05. The summed E-state index contributed by atoms with van der Waals surface area (Å²) in [4.78, 5) is 26.9. The molecule has 11 heteroatoms. The first kappa shape index (κ1) is 22.7. The van der Waals surface area contributed by atoms with Gasteiger partial charge in [-0.05, 0) is 54.7 Å². The van der Waals surface area contributed by atoms with E-state index in [0.717, 1.165) is 29.8 Å². The van der Waals surface area contributed by atoms with E-state index in [1.54, 1.807) is 28.8 Å². The third-order valence-corrected chi connectivity index (χ3v) is 7.47. The van der Waals surface area contributed by atoms with E-state index in [1.165, 1.54) is 0 Å². The lowest BCUT2D eigenvalue weighted by molar-refractivity contribution is -0.113. The second-order valence-corrected chi connectivity index (χ2v) is 9.78. The Morgan fingerprint density at radius 3 is 2.65 bits per heavy atom. The van der Waals surface area contributed by atoms with Crippen molar-refractivity contribution in [3.8, 4) is 0 Å². The Labute approximate surface area is 206 Å². The highest BCUT2D eigenvalue weighted by molar-refractivity contribution is 8.03. The summed E-state index contributed by atoms with van der Waals surface area (Å²) in [6.07, 6.45) is 1.40. The number of ether oxygens (including phenoxy) is 1. The van der Waals surface area contributed by atoms with E-state index in [1.807, 2.05) is 35.7 Å². The predicted octanol–water partition coefficient (Wildman–Crippen LogP) is 4.09. The number of hydrogen-bond acceptors (Lipinski definition) is 8. The van der Waals surface area contributed by atoms with E-state index < -0.39 is 0 Å². The number of amides is 2. The minimum atomic E-state index is -0.298. The molecule has 3 aliphatic heterocycles. The zero-order valence-corrected chi connectivity index (χ0v) is 19.8. The van der Waals surface area contributed by atoms with Gasteiger partial charge < -0.3 is 31.1 Å². The fourth-order valence-corrected chi connectivity index (χ4v) is 5.38. The maximum absolute atomic E-state index is 12.7. The van der Waals surface area contributed by atoms with Gasteiger partial charge in [0.25, 0.3) is 5.91 Å². The molecule has 5 rings (SSSR count). The van der Waals surface area contributed by atoms with Gasteiger partial charge in [-0.2, -0.15) is 0 Å². The van der Waals surface area contributed by atoms with Crippen molar-refractivity contribution < 1.29 is 14.3 Å². The van der Waals surface area contributed by atoms with E-state index in [9.17, 15) is 9.59 Å². The number of fused-ring (bicyclic) bond motifs is 1. The molecular weight excluding hydrogens is 476 g/mol. The van der Waals surface area contributed by atoms with Gasteiger partial charge in [0.05, 0.1) is 16.7 Å². The Kier molecular flexibility index (Phi) is 6.70. The van der Waals surface area contributed by atoms with Crippen molar-refractivity contribution in [1.29, 1.82) is 0 Å². The van der Waals surface area contributed by atoms with Gasteiger partial charge in [-0.3, -0.25) is 4.79 Å². The summed E-state index contributed by atoms with van der Waals surface area (Å²) < 4.78 is 5.45. The van der Waals surface area contributed by atoms with Crippen molar-refractivity contribution in [3.05, 3.63) is 64.2 Å². The molecule has 0 bridgehead atoms. The maximum Gasteiger partial charge on any atom is 0.410 e. The quantitative estimate of drug-likeness (QED) is 0.418. The molecule has 2 amide bonds. The van der Waals surface area contributed by atoms with Crippen LogP contribution in [-0.4, -0.2) is 35.4 Å². The number of hydrogen-bond donors (Lipinski definition) is 5. The number of nitrogens with zero attached hydrogens (tertiary/aromatic N) is 1. The topological polar surface area (TPSA) is 107 Å². The highest BCUT2D eigenvalue weighted by atomic mass is 35.5. The van der Waals surface area contributed by atoms with Gasteiger partial charge in [0, 0.05) is 29.2 Å². The zero-order valence-electron chi connectivity index (χ0n) is 18.3. The average molecular weight is 501 g/mol. The van der Waals surface area contributed by atoms with E-state index in [4.69, 9.17) is 16.3 Å². The number of anilines is 3. The average Bonchev–Trinajstić information content (AvgIpc) is 3.53. The third kappa shape index (κ3) is 5.19. The van der Waals surface area contributed by atoms with Gasteiger partial charge in [0.1, 0.15) is 12.3 Å². The fraction of sp³-hybridized carbons (Fsp3) is 0.304. The molecule has 5 N–H and O–H groups in total. The van der Waals surface area contributed by atoms with Crippen LogP contribution in [0.2, 0.25) is 5.02 Å². The number of carbonyl (C=O) groups excluding carboxylic acids is 2. The van der Waals surface area contributed by atoms with E-state index in [0.29, 0.717) is 35.4 Å². The molecule has 3 heterocycles. The summed E-state index contributed by atoms with van der Waals surface area (Å²) >= 11 is 7.51. The first-order valence-electron chi connectivity index (χ1n) is 11.1. The van der Waals surface area contributed by atoms with Crippen molar-refractivity contribution in [2.45, 2.75) is 24.8 Å². The van der Waals surface area contributed by atoms with Crippen LogP contribution in [0.4, 0.5) is 21.9 Å². The van der Waals surface area contributed by atoms with Crippen molar-refractivity contribution in [2.75, 3.05) is 29.3 Å². The lowest BCUT2D eigenvalue weighted by Crippen LogP contribution is -2.43. The Balaban J connectivity index is 1.06. The minimum Gasteiger partial charge on any atom is -0.445 e. The second kappa shape index (κ2) is 10.0. The summed E-state index contributed by atoms with van der Waals surface area (Å²) in [6, 6.07) is 12.9. The van der Waals surface area contributed by atoms with E-state index in [2.05, 4.69) is 27.0 Å². The van der Waals surface area contributed by atoms with Gasteiger partial charge in [0.15, 0.2) is 0 Å². The zero-order chi connectivity index (χ0) is 23.5. The first-order chi connectivity index (χ1) is 16.5. The molecule has 2 aromatic rings. The number of likely N-dealkylation sites (tertiary alicyclic amines) is 1. The molecule has 1 fully saturated rings. The van der Waals surface area contributed by atoms with E-state index in [-0.39, 0.29) is 24.0 Å². The van der Waals surface area contributed by atoms with Crippen LogP contribution in [0.5, 0.6) is 0 Å². The predicted molar refractivity (Wildman–Crippen MR) is 134 cm³/mol.